The molecule has 4 aliphatic heterocycles. The van der Waals surface area contributed by atoms with E-state index in [1.165, 1.54) is 124 Å². The van der Waals surface area contributed by atoms with Gasteiger partial charge in [0.15, 0.2) is 0 Å². The van der Waals surface area contributed by atoms with Crippen molar-refractivity contribution in [3.8, 4) is 0 Å². The van der Waals surface area contributed by atoms with Crippen LogP contribution in [0.2, 0.25) is 0 Å². The molecule has 5 atom stereocenters. The van der Waals surface area contributed by atoms with Gasteiger partial charge in [-0.15, -0.1) is 0 Å². The van der Waals surface area contributed by atoms with Crippen molar-refractivity contribution in [2.75, 3.05) is 14.7 Å². The number of para-hydroxylation sites is 2. The molecule has 0 saturated heterocycles. The molecule has 0 radical (unpaired) electrons. The Morgan fingerprint density at radius 1 is 0.517 bits per heavy atom. The van der Waals surface area contributed by atoms with Gasteiger partial charge in [0, 0.05) is 56.2 Å². The van der Waals surface area contributed by atoms with E-state index >= 15 is 0 Å². The highest BCUT2D eigenvalue weighted by molar-refractivity contribution is 7.01. The van der Waals surface area contributed by atoms with Gasteiger partial charge in [-0.25, -0.2) is 0 Å². The molecule has 4 heteroatoms. The van der Waals surface area contributed by atoms with Crippen LogP contribution in [0.15, 0.2) is 133 Å². The van der Waals surface area contributed by atoms with Gasteiger partial charge < -0.3 is 14.7 Å². The smallest absolute Gasteiger partial charge is 0.252 e. The molecule has 0 aromatic heterocycles. The van der Waals surface area contributed by atoms with Crippen molar-refractivity contribution in [2.45, 2.75) is 94.0 Å². The summed E-state index contributed by atoms with van der Waals surface area (Å²) in [7, 11) is 0. The van der Waals surface area contributed by atoms with Gasteiger partial charge in [0.2, 0.25) is 0 Å². The summed E-state index contributed by atoms with van der Waals surface area (Å²) < 4.78 is 0. The summed E-state index contributed by atoms with van der Waals surface area (Å²) >= 11 is 0. The lowest BCUT2D eigenvalue weighted by atomic mass is 9.28. The number of benzene rings is 6. The van der Waals surface area contributed by atoms with Crippen LogP contribution in [0.3, 0.4) is 0 Å². The van der Waals surface area contributed by atoms with Crippen molar-refractivity contribution in [1.82, 2.24) is 0 Å². The molecule has 4 heterocycles. The SMILES string of the molecule is CC1(c2ccccc2)c2cccc3c2B2c4c(cc(N5c6ccccc6C6(C)CCCCC56C)cc4N(C45CC6CC4CC6C5)c4cccc1c42)N3c1ccccc1. The van der Waals surface area contributed by atoms with E-state index in [1.807, 2.05) is 0 Å². The van der Waals surface area contributed by atoms with E-state index in [0.717, 1.165) is 17.8 Å². The number of hydrogen-bond acceptors (Lipinski definition) is 3. The average molecular weight is 752 g/mol. The fourth-order valence-corrected chi connectivity index (χ4v) is 15.6. The van der Waals surface area contributed by atoms with Gasteiger partial charge in [-0.3, -0.25) is 0 Å². The second-order valence-corrected chi connectivity index (χ2v) is 20.2. The van der Waals surface area contributed by atoms with Crippen molar-refractivity contribution in [3.63, 3.8) is 0 Å². The van der Waals surface area contributed by atoms with E-state index in [0.29, 0.717) is 0 Å². The molecular formula is C54H50BN3. The monoisotopic (exact) mass is 751 g/mol. The highest BCUT2D eigenvalue weighted by Gasteiger charge is 2.67. The fourth-order valence-electron chi connectivity index (χ4n) is 15.6. The van der Waals surface area contributed by atoms with Gasteiger partial charge in [-0.05, 0) is 151 Å². The molecule has 5 saturated carbocycles. The Balaban J connectivity index is 1.13. The first-order valence-electron chi connectivity index (χ1n) is 22.4. The van der Waals surface area contributed by atoms with Crippen LogP contribution in [0.5, 0.6) is 0 Å². The third-order valence-electron chi connectivity index (χ3n) is 18.1. The largest absolute Gasteiger partial charge is 0.336 e. The zero-order valence-electron chi connectivity index (χ0n) is 34.0. The van der Waals surface area contributed by atoms with Crippen LogP contribution >= 0.6 is 0 Å². The maximum Gasteiger partial charge on any atom is 0.252 e. The topological polar surface area (TPSA) is 9.72 Å². The average Bonchev–Trinajstić information content (AvgIpc) is 4.05. The molecule has 5 aliphatic carbocycles. The predicted molar refractivity (Wildman–Crippen MR) is 241 cm³/mol. The molecule has 0 N–H and O–H groups in total. The molecular weight excluding hydrogens is 701 g/mol. The first-order chi connectivity index (χ1) is 28.3. The third kappa shape index (κ3) is 3.57. The van der Waals surface area contributed by atoms with Crippen LogP contribution in [0.1, 0.15) is 94.4 Å². The van der Waals surface area contributed by atoms with E-state index in [2.05, 4.69) is 169 Å². The lowest BCUT2D eigenvalue weighted by Gasteiger charge is -2.55. The minimum absolute atomic E-state index is 0.0220. The van der Waals surface area contributed by atoms with Crippen LogP contribution < -0.4 is 31.1 Å². The molecule has 15 rings (SSSR count). The van der Waals surface area contributed by atoms with Crippen molar-refractivity contribution in [3.05, 3.63) is 156 Å². The third-order valence-corrected chi connectivity index (χ3v) is 18.1. The predicted octanol–water partition coefficient (Wildman–Crippen LogP) is 11.0. The van der Waals surface area contributed by atoms with E-state index in [4.69, 9.17) is 0 Å². The van der Waals surface area contributed by atoms with Crippen molar-refractivity contribution < 1.29 is 0 Å². The molecule has 5 unspecified atom stereocenters. The van der Waals surface area contributed by atoms with Crippen molar-refractivity contribution in [1.29, 1.82) is 0 Å². The highest BCUT2D eigenvalue weighted by atomic mass is 15.3. The lowest BCUT2D eigenvalue weighted by molar-refractivity contribution is 0.195. The summed E-state index contributed by atoms with van der Waals surface area (Å²) in [5.41, 5.74) is 20.0. The van der Waals surface area contributed by atoms with Crippen LogP contribution in [-0.2, 0) is 10.8 Å². The Morgan fingerprint density at radius 3 is 1.84 bits per heavy atom. The Hall–Kier alpha value is -5.22. The first kappa shape index (κ1) is 32.7. The van der Waals surface area contributed by atoms with Crippen LogP contribution in [0.25, 0.3) is 0 Å². The Bertz CT molecular complexity index is 2750. The Kier molecular flexibility index (Phi) is 6.03. The quantitative estimate of drug-likeness (QED) is 0.166. The summed E-state index contributed by atoms with van der Waals surface area (Å²) in [5, 5.41) is 0. The van der Waals surface area contributed by atoms with Crippen LogP contribution in [0, 0.1) is 17.8 Å². The van der Waals surface area contributed by atoms with Crippen molar-refractivity contribution in [2.24, 2.45) is 17.8 Å². The summed E-state index contributed by atoms with van der Waals surface area (Å²) in [6.45, 7) is 7.87. The van der Waals surface area contributed by atoms with E-state index in [-0.39, 0.29) is 28.6 Å². The van der Waals surface area contributed by atoms with Crippen LogP contribution in [-0.4, -0.2) is 17.8 Å². The Labute approximate surface area is 343 Å². The number of hydrogen-bond donors (Lipinski definition) is 0. The summed E-state index contributed by atoms with van der Waals surface area (Å²) in [5.74, 6) is 2.49. The maximum atomic E-state index is 3.03. The van der Waals surface area contributed by atoms with Gasteiger partial charge >= 0.3 is 0 Å². The second kappa shape index (κ2) is 10.7. The van der Waals surface area contributed by atoms with Crippen molar-refractivity contribution >= 4 is 62.9 Å². The molecule has 9 aliphatic rings. The molecule has 5 fully saturated rings. The minimum atomic E-state index is -0.301. The number of rotatable bonds is 4. The van der Waals surface area contributed by atoms with E-state index in [9.17, 15) is 0 Å². The summed E-state index contributed by atoms with van der Waals surface area (Å²) in [4.78, 5) is 8.54. The number of fused-ring (bicyclic) bond motifs is 3. The summed E-state index contributed by atoms with van der Waals surface area (Å²) in [6.07, 6.45) is 10.5. The van der Waals surface area contributed by atoms with E-state index < -0.39 is 0 Å². The van der Waals surface area contributed by atoms with Gasteiger partial charge in [0.05, 0.1) is 5.54 Å². The van der Waals surface area contributed by atoms with Gasteiger partial charge in [-0.2, -0.15) is 0 Å². The molecule has 284 valence electrons. The zero-order valence-corrected chi connectivity index (χ0v) is 34.0. The molecule has 3 nitrogen and oxygen atoms in total. The molecule has 6 aromatic carbocycles. The molecule has 6 aromatic rings. The molecule has 0 spiro atoms. The highest BCUT2D eigenvalue weighted by Crippen LogP contribution is 2.70. The Morgan fingerprint density at radius 2 is 1.12 bits per heavy atom. The molecule has 0 amide bonds. The number of nitrogens with zero attached hydrogens (tertiary/aromatic N) is 3. The summed E-state index contributed by atoms with van der Waals surface area (Å²) in [6, 6.07) is 52.3. The molecule has 58 heavy (non-hydrogen) atoms. The van der Waals surface area contributed by atoms with E-state index in [1.54, 1.807) is 5.46 Å². The van der Waals surface area contributed by atoms with Crippen LogP contribution in [0.4, 0.5) is 39.8 Å². The first-order valence-corrected chi connectivity index (χ1v) is 22.4. The second-order valence-electron chi connectivity index (χ2n) is 20.2. The minimum Gasteiger partial charge on any atom is -0.336 e. The lowest BCUT2D eigenvalue weighted by Crippen LogP contribution is -2.69. The van der Waals surface area contributed by atoms with Gasteiger partial charge in [0.1, 0.15) is 0 Å². The number of anilines is 7. The fraction of sp³-hybridized carbons (Fsp3) is 0.333. The maximum absolute atomic E-state index is 3.03. The molecule has 4 bridgehead atoms. The zero-order chi connectivity index (χ0) is 38.3. The standard InChI is InChI=1S/C54H50BN3/c1-51-26-12-13-27-52(51,2)57(43-23-11-10-20-40(43)51)39-30-46-50-47(31-39)58(54-32-34-28-37(54)29-35(34)33-54)45-25-15-22-42-49(45)55(50)48-41(53(42,3)36-16-6-4-7-17-36)21-14-24-44(48)56(46)38-18-8-5-9-19-38/h4-11,14-25,30-31,34-35,37H,12-13,26-29,32-33H2,1-3H3. The normalized spacial score (nSPS) is 32.2. The van der Waals surface area contributed by atoms with Gasteiger partial charge in [-0.1, -0.05) is 111 Å². The van der Waals surface area contributed by atoms with Gasteiger partial charge in [0.25, 0.3) is 6.71 Å².